The van der Waals surface area contributed by atoms with Crippen LogP contribution in [0.3, 0.4) is 0 Å². The Hall–Kier alpha value is -3.21. The lowest BCUT2D eigenvalue weighted by molar-refractivity contribution is -0.113. The third kappa shape index (κ3) is 6.09. The number of carbonyl (C=O) groups excluding carboxylic acids is 1. The largest absolute Gasteiger partial charge is 0.483 e. The molecule has 3 aromatic carbocycles. The number of fused-ring (bicyclic) bond motifs is 1. The maximum atomic E-state index is 12.7. The molecule has 0 aliphatic carbocycles. The summed E-state index contributed by atoms with van der Waals surface area (Å²) in [6.07, 6.45) is -0.287. The van der Waals surface area contributed by atoms with E-state index in [-0.39, 0.29) is 17.8 Å². The number of nitrogens with zero attached hydrogens (tertiary/aromatic N) is 4. The second-order valence-electron chi connectivity index (χ2n) is 8.70. The lowest BCUT2D eigenvalue weighted by Crippen LogP contribution is -2.15. The summed E-state index contributed by atoms with van der Waals surface area (Å²) in [5, 5.41) is 13.3. The zero-order valence-corrected chi connectivity index (χ0v) is 24.4. The van der Waals surface area contributed by atoms with Gasteiger partial charge in [-0.15, -0.1) is 21.5 Å². The number of aromatic nitrogens is 4. The third-order valence-electron chi connectivity index (χ3n) is 5.84. The molecule has 5 aromatic rings. The van der Waals surface area contributed by atoms with E-state index in [9.17, 15) is 4.79 Å². The second-order valence-corrected chi connectivity index (χ2v) is 11.6. The summed E-state index contributed by atoms with van der Waals surface area (Å²) in [4.78, 5) is 17.4. The molecule has 0 bridgehead atoms. The number of amides is 1. The summed E-state index contributed by atoms with van der Waals surface area (Å²) < 4.78 is 10.2. The van der Waals surface area contributed by atoms with Gasteiger partial charge in [0.25, 0.3) is 0 Å². The number of hydrogen-bond acceptors (Lipinski definition) is 7. The molecule has 0 saturated heterocycles. The molecule has 7 nitrogen and oxygen atoms in total. The summed E-state index contributed by atoms with van der Waals surface area (Å²) in [5.74, 6) is 1.59. The molecule has 5 rings (SSSR count). The maximum Gasteiger partial charge on any atom is 0.234 e. The van der Waals surface area contributed by atoms with E-state index in [4.69, 9.17) is 9.72 Å². The average molecular weight is 609 g/mol. The van der Waals surface area contributed by atoms with E-state index in [1.54, 1.807) is 11.3 Å². The Balaban J connectivity index is 1.18. The van der Waals surface area contributed by atoms with Gasteiger partial charge in [-0.1, -0.05) is 33.8 Å². The van der Waals surface area contributed by atoms with Crippen molar-refractivity contribution in [1.82, 2.24) is 19.7 Å². The highest BCUT2D eigenvalue weighted by Gasteiger charge is 2.19. The molecule has 0 spiro atoms. The first-order chi connectivity index (χ1) is 18.4. The quantitative estimate of drug-likeness (QED) is 0.174. The summed E-state index contributed by atoms with van der Waals surface area (Å²) in [6.45, 7) is 6.73. The van der Waals surface area contributed by atoms with E-state index in [1.807, 2.05) is 66.9 Å². The number of benzene rings is 3. The first-order valence-electron chi connectivity index (χ1n) is 12.1. The minimum Gasteiger partial charge on any atom is -0.483 e. The van der Waals surface area contributed by atoms with Crippen LogP contribution in [0.2, 0.25) is 0 Å². The summed E-state index contributed by atoms with van der Waals surface area (Å²) >= 11 is 6.46. The van der Waals surface area contributed by atoms with Crippen molar-refractivity contribution in [3.05, 3.63) is 82.6 Å². The Morgan fingerprint density at radius 1 is 1.11 bits per heavy atom. The van der Waals surface area contributed by atoms with Crippen LogP contribution in [0, 0.1) is 6.92 Å². The van der Waals surface area contributed by atoms with Crippen LogP contribution in [0.4, 0.5) is 5.69 Å². The van der Waals surface area contributed by atoms with E-state index in [0.717, 1.165) is 37.8 Å². The average Bonchev–Trinajstić information content (AvgIpc) is 3.53. The molecule has 10 heteroatoms. The van der Waals surface area contributed by atoms with Gasteiger partial charge in [0.1, 0.15) is 10.8 Å². The van der Waals surface area contributed by atoms with Crippen LogP contribution in [0.25, 0.3) is 20.8 Å². The van der Waals surface area contributed by atoms with Crippen molar-refractivity contribution in [3.63, 3.8) is 0 Å². The highest BCUT2D eigenvalue weighted by Crippen LogP contribution is 2.31. The fourth-order valence-electron chi connectivity index (χ4n) is 3.95. The molecular weight excluding hydrogens is 582 g/mol. The zero-order valence-electron chi connectivity index (χ0n) is 21.1. The molecule has 0 fully saturated rings. The van der Waals surface area contributed by atoms with E-state index in [2.05, 4.69) is 56.6 Å². The minimum absolute atomic E-state index is 0.107. The lowest BCUT2D eigenvalue weighted by Gasteiger charge is -2.15. The topological polar surface area (TPSA) is 81.9 Å². The van der Waals surface area contributed by atoms with Crippen molar-refractivity contribution in [3.8, 4) is 16.3 Å². The number of aryl methyl sites for hydroxylation is 1. The van der Waals surface area contributed by atoms with Crippen molar-refractivity contribution >= 4 is 60.8 Å². The third-order valence-corrected chi connectivity index (χ3v) is 8.41. The smallest absolute Gasteiger partial charge is 0.234 e. The van der Waals surface area contributed by atoms with E-state index in [0.29, 0.717) is 11.7 Å². The highest BCUT2D eigenvalue weighted by atomic mass is 79.9. The first kappa shape index (κ1) is 26.4. The van der Waals surface area contributed by atoms with Gasteiger partial charge in [-0.2, -0.15) is 0 Å². The number of nitrogens with one attached hydrogen (secondary N) is 1. The van der Waals surface area contributed by atoms with Crippen molar-refractivity contribution < 1.29 is 9.53 Å². The van der Waals surface area contributed by atoms with Gasteiger partial charge in [0.05, 0.1) is 16.0 Å². The SMILES string of the molecule is CCn1c(SCC(=O)Nc2ccc(-c3nc4ccc(C)cc4s3)cc2)nnc1C(C)Oc1ccc(Br)cc1. The molecule has 1 atom stereocenters. The summed E-state index contributed by atoms with van der Waals surface area (Å²) in [7, 11) is 0. The minimum atomic E-state index is -0.287. The van der Waals surface area contributed by atoms with Crippen LogP contribution in [0.15, 0.2) is 76.4 Å². The van der Waals surface area contributed by atoms with E-state index < -0.39 is 0 Å². The zero-order chi connectivity index (χ0) is 26.6. The summed E-state index contributed by atoms with van der Waals surface area (Å²) in [6, 6.07) is 21.7. The molecule has 2 aromatic heterocycles. The Morgan fingerprint density at radius 3 is 2.61 bits per heavy atom. The number of thiazole rings is 1. The van der Waals surface area contributed by atoms with Gasteiger partial charge in [0, 0.05) is 22.3 Å². The molecule has 0 aliphatic heterocycles. The molecule has 1 amide bonds. The molecular formula is C28H26BrN5O2S2. The van der Waals surface area contributed by atoms with E-state index >= 15 is 0 Å². The summed E-state index contributed by atoms with van der Waals surface area (Å²) in [5.41, 5.74) is 3.99. The van der Waals surface area contributed by atoms with Gasteiger partial charge in [-0.25, -0.2) is 4.98 Å². The molecule has 0 aliphatic rings. The number of hydrogen-bond donors (Lipinski definition) is 1. The van der Waals surface area contributed by atoms with Crippen LogP contribution in [-0.4, -0.2) is 31.4 Å². The molecule has 0 saturated carbocycles. The van der Waals surface area contributed by atoms with Gasteiger partial charge in [0.2, 0.25) is 5.91 Å². The lowest BCUT2D eigenvalue weighted by atomic mass is 10.2. The number of carbonyl (C=O) groups is 1. The van der Waals surface area contributed by atoms with Crippen LogP contribution < -0.4 is 10.1 Å². The number of halogens is 1. The predicted molar refractivity (Wildman–Crippen MR) is 158 cm³/mol. The second kappa shape index (κ2) is 11.7. The first-order valence-corrected chi connectivity index (χ1v) is 14.7. The van der Waals surface area contributed by atoms with Crippen LogP contribution in [0.5, 0.6) is 5.75 Å². The normalized spacial score (nSPS) is 12.0. The molecule has 2 heterocycles. The Labute approximate surface area is 237 Å². The van der Waals surface area contributed by atoms with Gasteiger partial charge in [-0.05, 0) is 87.0 Å². The molecule has 1 N–H and O–H groups in total. The van der Waals surface area contributed by atoms with E-state index in [1.165, 1.54) is 22.0 Å². The number of thioether (sulfide) groups is 1. The van der Waals surface area contributed by atoms with Crippen LogP contribution >= 0.6 is 39.0 Å². The van der Waals surface area contributed by atoms with Gasteiger partial charge in [0.15, 0.2) is 17.1 Å². The Morgan fingerprint density at radius 2 is 1.87 bits per heavy atom. The highest BCUT2D eigenvalue weighted by molar-refractivity contribution is 9.10. The van der Waals surface area contributed by atoms with Gasteiger partial charge in [-0.3, -0.25) is 4.79 Å². The van der Waals surface area contributed by atoms with Crippen LogP contribution in [-0.2, 0) is 11.3 Å². The Bertz CT molecular complexity index is 1560. The molecule has 1 unspecified atom stereocenters. The number of anilines is 1. The van der Waals surface area contributed by atoms with Crippen molar-refractivity contribution in [2.75, 3.05) is 11.1 Å². The number of rotatable bonds is 9. The van der Waals surface area contributed by atoms with Crippen LogP contribution in [0.1, 0.15) is 31.3 Å². The van der Waals surface area contributed by atoms with Crippen molar-refractivity contribution in [2.45, 2.75) is 38.6 Å². The Kier molecular flexibility index (Phi) is 8.11. The standard InChI is InChI=1S/C28H26BrN5O2S2/c1-4-34-26(18(3)36-22-12-8-20(29)9-13-22)32-33-28(34)37-16-25(35)30-21-10-6-19(7-11-21)27-31-23-14-5-17(2)15-24(23)38-27/h5-15,18H,4,16H2,1-3H3,(H,30,35). The van der Waals surface area contributed by atoms with Gasteiger partial charge >= 0.3 is 0 Å². The maximum absolute atomic E-state index is 12.7. The predicted octanol–water partition coefficient (Wildman–Crippen LogP) is 7.52. The van der Waals surface area contributed by atoms with Gasteiger partial charge < -0.3 is 14.6 Å². The van der Waals surface area contributed by atoms with Crippen molar-refractivity contribution in [1.29, 1.82) is 0 Å². The monoisotopic (exact) mass is 607 g/mol. The molecule has 38 heavy (non-hydrogen) atoms. The molecule has 0 radical (unpaired) electrons. The molecule has 194 valence electrons. The van der Waals surface area contributed by atoms with Crippen molar-refractivity contribution in [2.24, 2.45) is 0 Å². The number of ether oxygens (including phenoxy) is 1. The fraction of sp³-hybridized carbons (Fsp3) is 0.214. The fourth-order valence-corrected chi connectivity index (χ4v) is 6.10.